The SMILES string of the molecule is CC(C)(C)c1coc(CC(=NO)C(=O)O)c1. The highest BCUT2D eigenvalue weighted by Gasteiger charge is 2.19. The van der Waals surface area contributed by atoms with E-state index in [1.807, 2.05) is 20.8 Å². The molecule has 0 saturated carbocycles. The van der Waals surface area contributed by atoms with Crippen molar-refractivity contribution < 1.29 is 19.5 Å². The van der Waals surface area contributed by atoms with E-state index in [4.69, 9.17) is 14.7 Å². The van der Waals surface area contributed by atoms with Gasteiger partial charge in [0.05, 0.1) is 12.7 Å². The first-order chi connectivity index (χ1) is 7.34. The van der Waals surface area contributed by atoms with Gasteiger partial charge in [-0.1, -0.05) is 25.9 Å². The lowest BCUT2D eigenvalue weighted by atomic mass is 9.89. The summed E-state index contributed by atoms with van der Waals surface area (Å²) in [6.07, 6.45) is 1.56. The number of rotatable bonds is 3. The Morgan fingerprint density at radius 1 is 1.50 bits per heavy atom. The maximum atomic E-state index is 10.6. The third-order valence-corrected chi connectivity index (χ3v) is 2.23. The third kappa shape index (κ3) is 2.85. The second kappa shape index (κ2) is 4.38. The van der Waals surface area contributed by atoms with E-state index in [-0.39, 0.29) is 17.5 Å². The van der Waals surface area contributed by atoms with E-state index in [0.717, 1.165) is 5.56 Å². The number of furan rings is 1. The fourth-order valence-electron chi connectivity index (χ4n) is 1.19. The minimum Gasteiger partial charge on any atom is -0.477 e. The summed E-state index contributed by atoms with van der Waals surface area (Å²) in [4.78, 5) is 10.6. The van der Waals surface area contributed by atoms with E-state index in [1.165, 1.54) is 0 Å². The zero-order chi connectivity index (χ0) is 12.3. The van der Waals surface area contributed by atoms with E-state index < -0.39 is 5.97 Å². The van der Waals surface area contributed by atoms with Crippen LogP contribution in [0.15, 0.2) is 21.9 Å². The van der Waals surface area contributed by atoms with Gasteiger partial charge in [0.15, 0.2) is 5.71 Å². The van der Waals surface area contributed by atoms with E-state index >= 15 is 0 Å². The summed E-state index contributed by atoms with van der Waals surface area (Å²) in [5.41, 5.74) is 0.585. The fraction of sp³-hybridized carbons (Fsp3) is 0.455. The van der Waals surface area contributed by atoms with Crippen LogP contribution in [0.25, 0.3) is 0 Å². The van der Waals surface area contributed by atoms with Crippen LogP contribution >= 0.6 is 0 Å². The van der Waals surface area contributed by atoms with Gasteiger partial charge >= 0.3 is 5.97 Å². The second-order valence-corrected chi connectivity index (χ2v) is 4.58. The van der Waals surface area contributed by atoms with Crippen molar-refractivity contribution in [2.24, 2.45) is 5.16 Å². The van der Waals surface area contributed by atoms with Crippen LogP contribution in [0, 0.1) is 0 Å². The van der Waals surface area contributed by atoms with Gasteiger partial charge in [-0.25, -0.2) is 4.79 Å². The second-order valence-electron chi connectivity index (χ2n) is 4.58. The molecule has 88 valence electrons. The Kier molecular flexibility index (Phi) is 3.37. The minimum atomic E-state index is -1.25. The summed E-state index contributed by atoms with van der Waals surface area (Å²) in [6.45, 7) is 6.08. The Bertz CT molecular complexity index is 412. The largest absolute Gasteiger partial charge is 0.477 e. The van der Waals surface area contributed by atoms with Gasteiger partial charge in [-0.05, 0) is 17.0 Å². The highest BCUT2D eigenvalue weighted by Crippen LogP contribution is 2.24. The number of nitrogens with zero attached hydrogens (tertiary/aromatic N) is 1. The highest BCUT2D eigenvalue weighted by atomic mass is 16.4. The molecule has 0 aromatic carbocycles. The van der Waals surface area contributed by atoms with Crippen molar-refractivity contribution in [2.75, 3.05) is 0 Å². The average Bonchev–Trinajstić information content (AvgIpc) is 2.61. The topological polar surface area (TPSA) is 83.0 Å². The molecule has 0 atom stereocenters. The molecule has 1 rings (SSSR count). The summed E-state index contributed by atoms with van der Waals surface area (Å²) < 4.78 is 5.22. The van der Waals surface area contributed by atoms with Crippen molar-refractivity contribution in [3.63, 3.8) is 0 Å². The number of carboxylic acids is 1. The van der Waals surface area contributed by atoms with Gasteiger partial charge < -0.3 is 14.7 Å². The van der Waals surface area contributed by atoms with Crippen molar-refractivity contribution in [2.45, 2.75) is 32.6 Å². The lowest BCUT2D eigenvalue weighted by Crippen LogP contribution is -2.15. The van der Waals surface area contributed by atoms with Crippen LogP contribution in [0.2, 0.25) is 0 Å². The minimum absolute atomic E-state index is 0.0259. The van der Waals surface area contributed by atoms with Gasteiger partial charge in [-0.2, -0.15) is 0 Å². The first-order valence-electron chi connectivity index (χ1n) is 4.86. The van der Waals surface area contributed by atoms with Crippen molar-refractivity contribution in [3.05, 3.63) is 23.7 Å². The molecule has 0 saturated heterocycles. The van der Waals surface area contributed by atoms with Crippen LogP contribution < -0.4 is 0 Å². The highest BCUT2D eigenvalue weighted by molar-refractivity contribution is 6.35. The van der Waals surface area contributed by atoms with Gasteiger partial charge in [0.25, 0.3) is 0 Å². The van der Waals surface area contributed by atoms with Crippen LogP contribution in [0.1, 0.15) is 32.1 Å². The maximum absolute atomic E-state index is 10.6. The molecule has 0 spiro atoms. The lowest BCUT2D eigenvalue weighted by molar-refractivity contribution is -0.129. The Morgan fingerprint density at radius 2 is 2.12 bits per heavy atom. The zero-order valence-corrected chi connectivity index (χ0v) is 9.52. The van der Waals surface area contributed by atoms with E-state index in [1.54, 1.807) is 12.3 Å². The predicted molar refractivity (Wildman–Crippen MR) is 58.0 cm³/mol. The molecular weight excluding hydrogens is 210 g/mol. The van der Waals surface area contributed by atoms with Crippen LogP contribution in [-0.2, 0) is 16.6 Å². The average molecular weight is 225 g/mol. The molecule has 0 fully saturated rings. The Balaban J connectivity index is 2.84. The molecule has 0 bridgehead atoms. The van der Waals surface area contributed by atoms with E-state index in [2.05, 4.69) is 5.16 Å². The third-order valence-electron chi connectivity index (χ3n) is 2.23. The Hall–Kier alpha value is -1.78. The summed E-state index contributed by atoms with van der Waals surface area (Å²) in [7, 11) is 0. The molecule has 1 aromatic rings. The first-order valence-corrected chi connectivity index (χ1v) is 4.86. The van der Waals surface area contributed by atoms with E-state index in [9.17, 15) is 4.79 Å². The molecule has 5 heteroatoms. The van der Waals surface area contributed by atoms with Gasteiger partial charge in [0.2, 0.25) is 0 Å². The number of carboxylic acid groups (broad SMARTS) is 1. The van der Waals surface area contributed by atoms with Crippen molar-refractivity contribution in [3.8, 4) is 0 Å². The summed E-state index contributed by atoms with van der Waals surface area (Å²) in [6, 6.07) is 1.77. The van der Waals surface area contributed by atoms with Gasteiger partial charge in [0.1, 0.15) is 5.76 Å². The first kappa shape index (κ1) is 12.3. The van der Waals surface area contributed by atoms with Crippen molar-refractivity contribution in [1.29, 1.82) is 0 Å². The summed E-state index contributed by atoms with van der Waals surface area (Å²) in [5.74, 6) is -0.781. The normalized spacial score (nSPS) is 12.8. The van der Waals surface area contributed by atoms with Gasteiger partial charge in [-0.3, -0.25) is 0 Å². The standard InChI is InChI=1S/C11H15NO4/c1-11(2,3)7-4-8(16-6-7)5-9(12-15)10(13)14/h4,6,15H,5H2,1-3H3,(H,13,14). The molecule has 1 aromatic heterocycles. The number of oxime groups is 1. The molecule has 0 unspecified atom stereocenters. The lowest BCUT2D eigenvalue weighted by Gasteiger charge is -2.14. The fourth-order valence-corrected chi connectivity index (χ4v) is 1.19. The van der Waals surface area contributed by atoms with Crippen molar-refractivity contribution >= 4 is 11.7 Å². The quantitative estimate of drug-likeness (QED) is 0.468. The molecule has 0 amide bonds. The predicted octanol–water partition coefficient (Wildman–Crippen LogP) is 2.03. The summed E-state index contributed by atoms with van der Waals surface area (Å²) >= 11 is 0. The smallest absolute Gasteiger partial charge is 0.354 e. The van der Waals surface area contributed by atoms with Gasteiger partial charge in [0, 0.05) is 0 Å². The molecule has 0 aliphatic rings. The zero-order valence-electron chi connectivity index (χ0n) is 9.52. The van der Waals surface area contributed by atoms with Gasteiger partial charge in [-0.15, -0.1) is 0 Å². The number of carbonyl (C=O) groups is 1. The van der Waals surface area contributed by atoms with Crippen LogP contribution in [0.5, 0.6) is 0 Å². The molecule has 16 heavy (non-hydrogen) atoms. The van der Waals surface area contributed by atoms with E-state index in [0.29, 0.717) is 5.76 Å². The Morgan fingerprint density at radius 3 is 2.50 bits per heavy atom. The Labute approximate surface area is 93.4 Å². The maximum Gasteiger partial charge on any atom is 0.354 e. The molecule has 0 aliphatic carbocycles. The molecule has 1 heterocycles. The van der Waals surface area contributed by atoms with Crippen molar-refractivity contribution in [1.82, 2.24) is 0 Å². The van der Waals surface area contributed by atoms with Crippen LogP contribution in [0.4, 0.5) is 0 Å². The molecule has 2 N–H and O–H groups in total. The van der Waals surface area contributed by atoms with Crippen LogP contribution in [-0.4, -0.2) is 22.0 Å². The molecule has 5 nitrogen and oxygen atoms in total. The van der Waals surface area contributed by atoms with Crippen LogP contribution in [0.3, 0.4) is 0 Å². The molecule has 0 radical (unpaired) electrons. The number of hydrogen-bond acceptors (Lipinski definition) is 4. The number of aliphatic carboxylic acids is 1. The number of hydrogen-bond donors (Lipinski definition) is 2. The molecule has 0 aliphatic heterocycles. The molecular formula is C11H15NO4. The monoisotopic (exact) mass is 225 g/mol. The summed E-state index contributed by atoms with van der Waals surface area (Å²) in [5, 5.41) is 19.9.